The molecule has 2 bridgehead atoms. The quantitative estimate of drug-likeness (QED) is 0.658. The second kappa shape index (κ2) is 8.86. The summed E-state index contributed by atoms with van der Waals surface area (Å²) in [6.45, 7) is 5.89. The van der Waals surface area contributed by atoms with E-state index in [1.54, 1.807) is 4.90 Å². The van der Waals surface area contributed by atoms with E-state index in [-0.39, 0.29) is 37.2 Å². The van der Waals surface area contributed by atoms with E-state index >= 15 is 0 Å². The third-order valence-electron chi connectivity index (χ3n) is 7.36. The second-order valence-corrected chi connectivity index (χ2v) is 11.1. The molecule has 0 radical (unpaired) electrons. The molecule has 2 fully saturated rings. The van der Waals surface area contributed by atoms with Gasteiger partial charge < -0.3 is 24.8 Å². The van der Waals surface area contributed by atoms with E-state index in [1.807, 2.05) is 45.0 Å². The van der Waals surface area contributed by atoms with E-state index in [0.29, 0.717) is 12.8 Å². The predicted molar refractivity (Wildman–Crippen MR) is 132 cm³/mol. The van der Waals surface area contributed by atoms with Crippen LogP contribution in [0.3, 0.4) is 0 Å². The molecule has 0 aromatic heterocycles. The number of alkyl carbamates (subject to hydrolysis) is 1. The van der Waals surface area contributed by atoms with Gasteiger partial charge in [0.25, 0.3) is 0 Å². The predicted octanol–water partition coefficient (Wildman–Crippen LogP) is 4.82. The fraction of sp³-hybridized carbons (Fsp3) is 0.500. The summed E-state index contributed by atoms with van der Waals surface area (Å²) in [6, 6.07) is 16.2. The average molecular weight is 479 g/mol. The topological polar surface area (TPSA) is 88.1 Å². The summed E-state index contributed by atoms with van der Waals surface area (Å²) < 4.78 is 11.2. The lowest BCUT2D eigenvalue weighted by Gasteiger charge is -2.43. The summed E-state index contributed by atoms with van der Waals surface area (Å²) in [5.41, 5.74) is 3.04. The van der Waals surface area contributed by atoms with Crippen molar-refractivity contribution in [3.63, 3.8) is 0 Å². The molecule has 2 aliphatic heterocycles. The number of carbonyl (C=O) groups excluding carboxylic acids is 2. The first-order valence-electron chi connectivity index (χ1n) is 12.5. The minimum atomic E-state index is -1.07. The molecule has 3 aliphatic rings. The number of fused-ring (bicyclic) bond motifs is 5. The summed E-state index contributed by atoms with van der Waals surface area (Å²) in [7, 11) is 0. The zero-order valence-electron chi connectivity index (χ0n) is 20.6. The highest BCUT2D eigenvalue weighted by atomic mass is 16.6. The largest absolute Gasteiger partial charge is 0.449 e. The third kappa shape index (κ3) is 4.74. The molecule has 2 heterocycles. The summed E-state index contributed by atoms with van der Waals surface area (Å²) in [5.74, 6) is -0.0100. The maximum Gasteiger partial charge on any atom is 0.410 e. The van der Waals surface area contributed by atoms with Gasteiger partial charge in [-0.25, -0.2) is 9.59 Å². The van der Waals surface area contributed by atoms with Gasteiger partial charge in [-0.1, -0.05) is 48.5 Å². The summed E-state index contributed by atoms with van der Waals surface area (Å²) in [4.78, 5) is 27.0. The fourth-order valence-electron chi connectivity index (χ4n) is 5.97. The number of hydrogen-bond donors (Lipinski definition) is 2. The van der Waals surface area contributed by atoms with Crippen LogP contribution in [0.25, 0.3) is 11.1 Å². The van der Waals surface area contributed by atoms with E-state index < -0.39 is 17.3 Å². The Hall–Kier alpha value is -3.06. The van der Waals surface area contributed by atoms with Gasteiger partial charge in [0.15, 0.2) is 0 Å². The van der Waals surface area contributed by atoms with Gasteiger partial charge in [0.1, 0.15) is 12.2 Å². The summed E-state index contributed by atoms with van der Waals surface area (Å²) in [5, 5.41) is 14.0. The number of amides is 2. The molecular weight excluding hydrogens is 444 g/mol. The Morgan fingerprint density at radius 3 is 2.09 bits per heavy atom. The molecule has 1 aliphatic carbocycles. The lowest BCUT2D eigenvalue weighted by Crippen LogP contribution is -2.57. The van der Waals surface area contributed by atoms with Gasteiger partial charge in [-0.3, -0.25) is 0 Å². The number of hydrogen-bond acceptors (Lipinski definition) is 5. The Balaban J connectivity index is 1.17. The van der Waals surface area contributed by atoms with Crippen molar-refractivity contribution in [2.75, 3.05) is 13.2 Å². The Morgan fingerprint density at radius 1 is 1.00 bits per heavy atom. The van der Waals surface area contributed by atoms with Crippen molar-refractivity contribution in [3.8, 4) is 11.1 Å². The Morgan fingerprint density at radius 2 is 1.54 bits per heavy atom. The summed E-state index contributed by atoms with van der Waals surface area (Å²) >= 11 is 0. The van der Waals surface area contributed by atoms with Crippen LogP contribution in [-0.4, -0.2) is 58.6 Å². The molecule has 7 nitrogen and oxygen atoms in total. The molecule has 2 aromatic carbocycles. The molecule has 2 saturated heterocycles. The van der Waals surface area contributed by atoms with Gasteiger partial charge in [-0.2, -0.15) is 0 Å². The van der Waals surface area contributed by atoms with Crippen molar-refractivity contribution in [3.05, 3.63) is 59.7 Å². The highest BCUT2D eigenvalue weighted by Gasteiger charge is 2.50. The molecular formula is C28H34N2O5. The lowest BCUT2D eigenvalue weighted by atomic mass is 9.86. The fourth-order valence-corrected chi connectivity index (χ4v) is 5.97. The van der Waals surface area contributed by atoms with Crippen molar-refractivity contribution in [2.24, 2.45) is 0 Å². The smallest absolute Gasteiger partial charge is 0.410 e. The number of carbonyl (C=O) groups is 2. The third-order valence-corrected chi connectivity index (χ3v) is 7.36. The van der Waals surface area contributed by atoms with Crippen LogP contribution in [0.2, 0.25) is 0 Å². The molecule has 0 saturated carbocycles. The number of aliphatic hydroxyl groups is 1. The monoisotopic (exact) mass is 478 g/mol. The maximum atomic E-state index is 12.7. The highest BCUT2D eigenvalue weighted by Crippen LogP contribution is 2.45. The molecule has 5 rings (SSSR count). The number of benzene rings is 2. The molecule has 7 heteroatoms. The molecule has 35 heavy (non-hydrogen) atoms. The lowest BCUT2D eigenvalue weighted by molar-refractivity contribution is -0.0569. The van der Waals surface area contributed by atoms with E-state index in [4.69, 9.17) is 9.47 Å². The number of nitrogens with one attached hydrogen (secondary N) is 1. The van der Waals surface area contributed by atoms with Crippen LogP contribution in [0.1, 0.15) is 63.5 Å². The van der Waals surface area contributed by atoms with Gasteiger partial charge in [-0.15, -0.1) is 0 Å². The minimum absolute atomic E-state index is 0.0100. The van der Waals surface area contributed by atoms with Crippen molar-refractivity contribution in [2.45, 2.75) is 75.7 Å². The van der Waals surface area contributed by atoms with Crippen molar-refractivity contribution < 1.29 is 24.2 Å². The molecule has 2 aromatic rings. The van der Waals surface area contributed by atoms with Crippen molar-refractivity contribution >= 4 is 12.2 Å². The number of nitrogens with zero attached hydrogens (tertiary/aromatic N) is 1. The van der Waals surface area contributed by atoms with Crippen LogP contribution in [-0.2, 0) is 9.47 Å². The average Bonchev–Trinajstić information content (AvgIpc) is 3.28. The first kappa shape index (κ1) is 23.7. The molecule has 0 spiro atoms. The standard InChI is InChI=1S/C28H34N2O5/c1-27(2,3)35-26(32)30-18-12-13-19(30)15-28(33,14-18)17-29-25(31)34-16-24-22-10-6-4-8-20(22)21-9-5-7-11-23(21)24/h4-11,18-19,24,33H,12-17H2,1-3H3,(H,29,31)/t18-,19+,28?. The first-order valence-corrected chi connectivity index (χ1v) is 12.5. The molecule has 186 valence electrons. The first-order chi connectivity index (χ1) is 16.6. The Kier molecular flexibility index (Phi) is 5.99. The molecule has 2 N–H and O–H groups in total. The Bertz CT molecular complexity index is 1060. The van der Waals surface area contributed by atoms with Crippen LogP contribution >= 0.6 is 0 Å². The van der Waals surface area contributed by atoms with E-state index in [2.05, 4.69) is 29.6 Å². The Labute approximate surface area is 206 Å². The van der Waals surface area contributed by atoms with Crippen molar-refractivity contribution in [1.29, 1.82) is 0 Å². The summed E-state index contributed by atoms with van der Waals surface area (Å²) in [6.07, 6.45) is 1.62. The zero-order chi connectivity index (χ0) is 24.8. The van der Waals surface area contributed by atoms with Gasteiger partial charge in [0.2, 0.25) is 0 Å². The highest BCUT2D eigenvalue weighted by molar-refractivity contribution is 5.79. The van der Waals surface area contributed by atoms with E-state index in [9.17, 15) is 14.7 Å². The SMILES string of the molecule is CC(C)(C)OC(=O)N1[C@@H]2CC[C@H]1CC(O)(CNC(=O)OCC1c3ccccc3-c3ccccc31)C2. The van der Waals surface area contributed by atoms with E-state index in [0.717, 1.165) is 24.0 Å². The number of piperidine rings is 1. The van der Waals surface area contributed by atoms with Gasteiger partial charge in [-0.05, 0) is 68.7 Å². The zero-order valence-corrected chi connectivity index (χ0v) is 20.6. The van der Waals surface area contributed by atoms with Crippen LogP contribution in [0.5, 0.6) is 0 Å². The molecule has 2 amide bonds. The molecule has 3 atom stereocenters. The number of ether oxygens (including phenoxy) is 2. The second-order valence-electron chi connectivity index (χ2n) is 11.1. The normalized spacial score (nSPS) is 25.1. The van der Waals surface area contributed by atoms with Crippen LogP contribution in [0.4, 0.5) is 9.59 Å². The van der Waals surface area contributed by atoms with Crippen LogP contribution in [0.15, 0.2) is 48.5 Å². The van der Waals surface area contributed by atoms with Crippen LogP contribution < -0.4 is 5.32 Å². The van der Waals surface area contributed by atoms with Crippen molar-refractivity contribution in [1.82, 2.24) is 10.2 Å². The van der Waals surface area contributed by atoms with E-state index in [1.165, 1.54) is 11.1 Å². The van der Waals surface area contributed by atoms with Gasteiger partial charge in [0, 0.05) is 24.5 Å². The maximum absolute atomic E-state index is 12.7. The minimum Gasteiger partial charge on any atom is -0.449 e. The van der Waals surface area contributed by atoms with Gasteiger partial charge >= 0.3 is 12.2 Å². The van der Waals surface area contributed by atoms with Gasteiger partial charge in [0.05, 0.1) is 5.60 Å². The molecule has 1 unspecified atom stereocenters. The number of rotatable bonds is 4. The van der Waals surface area contributed by atoms with Crippen LogP contribution in [0, 0.1) is 0 Å².